The maximum atomic E-state index is 14.6. The third kappa shape index (κ3) is 22.2. The minimum atomic E-state index is -1.10. The Kier molecular flexibility index (Phi) is 28.0. The van der Waals surface area contributed by atoms with Crippen LogP contribution < -0.4 is 21.3 Å². The summed E-state index contributed by atoms with van der Waals surface area (Å²) in [5, 5.41) is 21.8. The fourth-order valence-electron chi connectivity index (χ4n) is 9.87. The van der Waals surface area contributed by atoms with Gasteiger partial charge in [0.15, 0.2) is 5.82 Å². The second kappa shape index (κ2) is 35.5. The average molecular weight is 1340 g/mol. The fraction of sp³-hybridized carbons (Fsp3) is 0.562. The van der Waals surface area contributed by atoms with Crippen molar-refractivity contribution in [1.82, 2.24) is 45.9 Å². The largest absolute Gasteiger partial charge is 0.459 e. The van der Waals surface area contributed by atoms with Gasteiger partial charge < -0.3 is 68.8 Å². The standard InChI is InChI=1S/C64H87ClN10O15S2/c1-40-42(3)92-61-54(40)55(45-15-17-47(65)18-16-45)70-49(58-73-72-43(4)75(58)61)34-51(76)66-19-21-82-23-26-85-29-31-87-37-52(77)71-57(63(5,6)7)60(80)74-36-48(33-50(74)59(79)68-35-44-11-13-46(14-12-44)56-41(2)69-39-91-56)89-53(78)38-88-32-30-86-28-27-84-25-24-83-22-20-67-62(81)90-64(8,9)10/h11-18,39,48-50,57H,19-38H2,1-10H3,(H,66,76)(H,67,81)(H,68,79)(H,71,77)/t48-,49+,50+,57-/m1/s1. The number of thiophene rings is 1. The number of carbonyl (C=O) groups is 6. The van der Waals surface area contributed by atoms with Gasteiger partial charge >= 0.3 is 12.1 Å². The van der Waals surface area contributed by atoms with Crippen molar-refractivity contribution < 1.29 is 71.4 Å². The number of hydrogen-bond acceptors (Lipinski definition) is 21. The summed E-state index contributed by atoms with van der Waals surface area (Å²) >= 11 is 9.44. The Morgan fingerprint density at radius 3 is 1.88 bits per heavy atom. The van der Waals surface area contributed by atoms with Crippen LogP contribution in [0.5, 0.6) is 0 Å². The van der Waals surface area contributed by atoms with Gasteiger partial charge in [-0.25, -0.2) is 14.6 Å². The number of nitrogens with zero attached hydrogens (tertiary/aromatic N) is 6. The Balaban J connectivity index is 0.809. The number of amides is 5. The van der Waals surface area contributed by atoms with Crippen LogP contribution in [0, 0.1) is 33.1 Å². The van der Waals surface area contributed by atoms with E-state index in [-0.39, 0.29) is 97.8 Å². The van der Waals surface area contributed by atoms with Crippen molar-refractivity contribution in [3.05, 3.63) is 104 Å². The molecular formula is C64H87ClN10O15S2. The zero-order valence-corrected chi connectivity index (χ0v) is 56.5. The molecule has 0 spiro atoms. The summed E-state index contributed by atoms with van der Waals surface area (Å²) in [6, 6.07) is 12.5. The Bertz CT molecular complexity index is 3270. The summed E-state index contributed by atoms with van der Waals surface area (Å²) in [4.78, 5) is 93.4. The number of alkyl carbamates (subject to hydrolysis) is 1. The normalized spacial score (nSPS) is 15.8. The third-order valence-corrected chi connectivity index (χ3v) is 16.9. The van der Waals surface area contributed by atoms with E-state index in [9.17, 15) is 28.8 Å². The number of nitrogens with one attached hydrogen (secondary N) is 4. The number of ether oxygens (including phenoxy) is 9. The number of benzene rings is 2. The molecular weight excluding hydrogens is 1250 g/mol. The molecule has 3 aromatic heterocycles. The van der Waals surface area contributed by atoms with Gasteiger partial charge in [-0.2, -0.15) is 0 Å². The van der Waals surface area contributed by atoms with Crippen molar-refractivity contribution in [3.8, 4) is 15.4 Å². The SMILES string of the molecule is Cc1ncsc1-c1ccc(CNC(=O)[C@@H]2C[C@@H](OC(=O)COCCOCCOCCOCCNC(=O)OC(C)(C)C)CN2C(=O)[C@@H](NC(=O)COCCOCCOCCNC(=O)C[C@@H]2N=C(c3ccc(Cl)cc3)c3c(sc(C)c3C)-n3c(C)nnc32)C(C)(C)C)cc1. The van der Waals surface area contributed by atoms with E-state index in [1.165, 1.54) is 4.90 Å². The van der Waals surface area contributed by atoms with E-state index in [2.05, 4.69) is 50.3 Å². The molecule has 0 saturated carbocycles. The van der Waals surface area contributed by atoms with Crippen LogP contribution >= 0.6 is 34.3 Å². The second-order valence-electron chi connectivity index (χ2n) is 24.0. The summed E-state index contributed by atoms with van der Waals surface area (Å²) in [6.07, 6.45) is -1.32. The summed E-state index contributed by atoms with van der Waals surface area (Å²) in [7, 11) is 0. The lowest BCUT2D eigenvalue weighted by Gasteiger charge is -2.35. The van der Waals surface area contributed by atoms with Crippen molar-refractivity contribution in [2.45, 2.75) is 118 Å². The highest BCUT2D eigenvalue weighted by Crippen LogP contribution is 2.40. The van der Waals surface area contributed by atoms with Crippen LogP contribution in [-0.4, -0.2) is 202 Å². The summed E-state index contributed by atoms with van der Waals surface area (Å²) in [5.41, 5.74) is 6.87. The molecule has 5 heterocycles. The van der Waals surface area contributed by atoms with Crippen molar-refractivity contribution >= 4 is 75.7 Å². The van der Waals surface area contributed by atoms with Crippen LogP contribution in [0.15, 0.2) is 59.0 Å². The quantitative estimate of drug-likeness (QED) is 0.0241. The maximum absolute atomic E-state index is 14.6. The van der Waals surface area contributed by atoms with Crippen LogP contribution in [-0.2, 0) is 73.1 Å². The van der Waals surface area contributed by atoms with E-state index < -0.39 is 71.6 Å². The molecule has 2 aliphatic rings. The van der Waals surface area contributed by atoms with E-state index in [0.29, 0.717) is 49.6 Å². The molecule has 28 heteroatoms. The van der Waals surface area contributed by atoms with Gasteiger partial charge in [0.1, 0.15) is 53.9 Å². The smallest absolute Gasteiger partial charge is 0.407 e. The minimum absolute atomic E-state index is 0.00650. The van der Waals surface area contributed by atoms with Crippen molar-refractivity contribution in [2.75, 3.05) is 112 Å². The first-order valence-corrected chi connectivity index (χ1v) is 32.7. The van der Waals surface area contributed by atoms with Gasteiger partial charge in [0.05, 0.1) is 114 Å². The lowest BCUT2D eigenvalue weighted by atomic mass is 9.85. The molecule has 4 N–H and O–H groups in total. The molecule has 1 fully saturated rings. The van der Waals surface area contributed by atoms with Crippen LogP contribution in [0.1, 0.15) is 105 Å². The monoisotopic (exact) mass is 1330 g/mol. The van der Waals surface area contributed by atoms with Crippen LogP contribution in [0.3, 0.4) is 0 Å². The molecule has 2 aromatic carbocycles. The fourth-order valence-corrected chi connectivity index (χ4v) is 12.0. The van der Waals surface area contributed by atoms with Crippen molar-refractivity contribution in [1.29, 1.82) is 0 Å². The molecule has 0 bridgehead atoms. The molecule has 0 radical (unpaired) electrons. The first-order valence-electron chi connectivity index (χ1n) is 30.7. The number of rotatable bonds is 35. The molecule has 1 saturated heterocycles. The van der Waals surface area contributed by atoms with E-state index >= 15 is 0 Å². The van der Waals surface area contributed by atoms with Gasteiger partial charge in [-0.3, -0.25) is 28.7 Å². The number of aryl methyl sites for hydroxylation is 3. The number of thiazole rings is 1. The molecule has 4 atom stereocenters. The number of aromatic nitrogens is 4. The highest BCUT2D eigenvalue weighted by Gasteiger charge is 2.46. The number of hydrogen-bond donors (Lipinski definition) is 4. The van der Waals surface area contributed by atoms with E-state index in [1.54, 1.807) is 69.7 Å². The number of halogens is 1. The summed E-state index contributed by atoms with van der Waals surface area (Å²) < 4.78 is 52.0. The molecule has 0 aliphatic carbocycles. The van der Waals surface area contributed by atoms with Gasteiger partial charge in [0, 0.05) is 47.1 Å². The molecule has 7 rings (SSSR count). The first kappa shape index (κ1) is 72.6. The molecule has 5 aromatic rings. The summed E-state index contributed by atoms with van der Waals surface area (Å²) in [6.45, 7) is 21.3. The predicted octanol–water partition coefficient (Wildman–Crippen LogP) is 6.74. The summed E-state index contributed by atoms with van der Waals surface area (Å²) in [5.74, 6) is -1.17. The van der Waals surface area contributed by atoms with Crippen LogP contribution in [0.25, 0.3) is 15.4 Å². The molecule has 502 valence electrons. The predicted molar refractivity (Wildman–Crippen MR) is 346 cm³/mol. The second-order valence-corrected chi connectivity index (χ2v) is 26.5. The molecule has 25 nitrogen and oxygen atoms in total. The Labute approximate surface area is 550 Å². The number of esters is 1. The molecule has 0 unspecified atom stereocenters. The Hall–Kier alpha value is -6.79. The van der Waals surface area contributed by atoms with Gasteiger partial charge in [0.25, 0.3) is 0 Å². The molecule has 92 heavy (non-hydrogen) atoms. The van der Waals surface area contributed by atoms with E-state index in [4.69, 9.17) is 59.2 Å². The van der Waals surface area contributed by atoms with Crippen LogP contribution in [0.2, 0.25) is 5.02 Å². The number of fused-ring (bicyclic) bond motifs is 3. The van der Waals surface area contributed by atoms with Crippen molar-refractivity contribution in [3.63, 3.8) is 0 Å². The van der Waals surface area contributed by atoms with Gasteiger partial charge in [-0.15, -0.1) is 32.9 Å². The third-order valence-electron chi connectivity index (χ3n) is 14.5. The average Bonchev–Trinajstić information content (AvgIpc) is 1.59. The number of likely N-dealkylation sites (tertiary alicyclic amines) is 1. The minimum Gasteiger partial charge on any atom is -0.459 e. The zero-order chi connectivity index (χ0) is 66.4. The van der Waals surface area contributed by atoms with Gasteiger partial charge in [-0.1, -0.05) is 68.8 Å². The Morgan fingerprint density at radius 1 is 0.696 bits per heavy atom. The molecule has 5 amide bonds. The zero-order valence-electron chi connectivity index (χ0n) is 54.1. The topological polar surface area (TPSA) is 293 Å². The highest BCUT2D eigenvalue weighted by molar-refractivity contribution is 7.15. The van der Waals surface area contributed by atoms with Gasteiger partial charge in [-0.05, 0) is 82.7 Å². The highest BCUT2D eigenvalue weighted by atomic mass is 35.5. The lowest BCUT2D eigenvalue weighted by Crippen LogP contribution is -2.58. The first-order chi connectivity index (χ1) is 44.0. The van der Waals surface area contributed by atoms with E-state index in [0.717, 1.165) is 54.0 Å². The maximum Gasteiger partial charge on any atom is 0.407 e. The Morgan fingerprint density at radius 2 is 1.28 bits per heavy atom. The van der Waals surface area contributed by atoms with Crippen LogP contribution in [0.4, 0.5) is 4.79 Å². The van der Waals surface area contributed by atoms with Gasteiger partial charge in [0.2, 0.25) is 23.6 Å². The van der Waals surface area contributed by atoms with Crippen molar-refractivity contribution in [2.24, 2.45) is 10.4 Å². The number of aliphatic imine (C=N–C) groups is 1. The lowest BCUT2D eigenvalue weighted by molar-refractivity contribution is -0.155. The number of carbonyl (C=O) groups excluding carboxylic acids is 6. The van der Waals surface area contributed by atoms with E-state index in [1.807, 2.05) is 66.9 Å². The molecule has 2 aliphatic heterocycles.